The van der Waals surface area contributed by atoms with E-state index in [4.69, 9.17) is 4.74 Å². The van der Waals surface area contributed by atoms with Crippen LogP contribution in [-0.4, -0.2) is 83.2 Å². The third-order valence-electron chi connectivity index (χ3n) is 12.4. The van der Waals surface area contributed by atoms with Crippen molar-refractivity contribution in [2.24, 2.45) is 0 Å². The molecule has 4 atom stereocenters. The van der Waals surface area contributed by atoms with E-state index in [1.165, 1.54) is 23.2 Å². The fraction of sp³-hybridized carbons (Fsp3) is 0.575. The van der Waals surface area contributed by atoms with Gasteiger partial charge in [0.25, 0.3) is 0 Å². The zero-order chi connectivity index (χ0) is 38.1. The molecule has 0 spiro atoms. The number of benzene rings is 1. The number of hydrogen-bond acceptors (Lipinski definition) is 7. The number of pyridine rings is 1. The Balaban J connectivity index is 1.27. The van der Waals surface area contributed by atoms with Gasteiger partial charge in [-0.3, -0.25) is 4.90 Å². The molecular formula is C40H48F5N5O2Si. The van der Waals surface area contributed by atoms with Gasteiger partial charge in [-0.1, -0.05) is 59.6 Å². The highest BCUT2D eigenvalue weighted by atomic mass is 28.3. The molecule has 0 saturated carbocycles. The minimum atomic E-state index is -4.49. The fourth-order valence-electron chi connectivity index (χ4n) is 9.59. The molecule has 5 heterocycles. The molecule has 0 bridgehead atoms. The standard InChI is InChI=1S/C40H48F5N5O2Si/c1-24(2)53(25(3)4,26(5)6)17-12-30-29-10-14-39(51,19-27(29)8-9-32(30)42)34-18-33-31(36(48-34)50-16-11-35(50)40(43,44)45)21-46-37(47-33)52-23-38-13-7-15-49(38)22-28(41)20-38/h8-10,14,18,21,24-26,28,35,51H,7,11,13,15-16,19-20,22-23H2,1-6H3/t28-,35+,38+,39?/m1/s1. The second-order valence-corrected chi connectivity index (χ2v) is 22.0. The highest BCUT2D eigenvalue weighted by Crippen LogP contribution is 2.44. The van der Waals surface area contributed by atoms with Gasteiger partial charge in [-0.15, -0.1) is 5.54 Å². The van der Waals surface area contributed by atoms with Crippen LogP contribution in [0.2, 0.25) is 16.6 Å². The van der Waals surface area contributed by atoms with E-state index < -0.39 is 43.4 Å². The highest BCUT2D eigenvalue weighted by Gasteiger charge is 2.51. The summed E-state index contributed by atoms with van der Waals surface area (Å²) in [5.41, 5.74) is 4.31. The van der Waals surface area contributed by atoms with Gasteiger partial charge in [0.15, 0.2) is 0 Å². The molecule has 3 saturated heterocycles. The van der Waals surface area contributed by atoms with Crippen molar-refractivity contribution < 1.29 is 31.8 Å². The smallest absolute Gasteiger partial charge is 0.408 e. The Hall–Kier alpha value is -3.60. The van der Waals surface area contributed by atoms with Crippen LogP contribution in [-0.2, 0) is 12.0 Å². The number of aromatic nitrogens is 3. The number of rotatable bonds is 8. The number of alkyl halides is 4. The van der Waals surface area contributed by atoms with Gasteiger partial charge in [0.05, 0.1) is 27.7 Å². The van der Waals surface area contributed by atoms with Crippen LogP contribution < -0.4 is 9.64 Å². The Bertz CT molecular complexity index is 1970. The first-order valence-corrected chi connectivity index (χ1v) is 21.0. The van der Waals surface area contributed by atoms with Crippen molar-refractivity contribution in [3.8, 4) is 17.5 Å². The summed E-state index contributed by atoms with van der Waals surface area (Å²) in [6, 6.07) is 2.79. The van der Waals surface area contributed by atoms with Crippen LogP contribution in [0.5, 0.6) is 6.01 Å². The van der Waals surface area contributed by atoms with Gasteiger partial charge in [0.1, 0.15) is 44.1 Å². The lowest BCUT2D eigenvalue weighted by Crippen LogP contribution is -2.56. The normalized spacial score (nSPS) is 25.9. The van der Waals surface area contributed by atoms with Gasteiger partial charge < -0.3 is 14.7 Å². The quantitative estimate of drug-likeness (QED) is 0.141. The summed E-state index contributed by atoms with van der Waals surface area (Å²) in [4.78, 5) is 16.9. The molecule has 284 valence electrons. The minimum Gasteiger partial charge on any atom is -0.461 e. The molecule has 4 aliphatic rings. The molecule has 13 heteroatoms. The van der Waals surface area contributed by atoms with Crippen LogP contribution >= 0.6 is 0 Å². The van der Waals surface area contributed by atoms with E-state index >= 15 is 4.39 Å². The number of anilines is 1. The van der Waals surface area contributed by atoms with Gasteiger partial charge in [0, 0.05) is 32.1 Å². The average molecular weight is 754 g/mol. The van der Waals surface area contributed by atoms with Crippen molar-refractivity contribution in [3.63, 3.8) is 0 Å². The minimum absolute atomic E-state index is 0.00720. The molecule has 1 aliphatic carbocycles. The predicted molar refractivity (Wildman–Crippen MR) is 199 cm³/mol. The number of nitrogens with zero attached hydrogens (tertiary/aromatic N) is 5. The van der Waals surface area contributed by atoms with Crippen LogP contribution in [0.3, 0.4) is 0 Å². The molecule has 3 fully saturated rings. The SMILES string of the molecule is CC(C)[Si](C#Cc1c(F)ccc2c1C=CC(O)(c1cc3nc(OC[C@@]45CCCN4C[C@H](F)C5)ncc3c(N3CC[C@H]3C(F)(F)F)n1)C2)(C(C)C)C(C)C. The molecule has 3 aromatic rings. The predicted octanol–water partition coefficient (Wildman–Crippen LogP) is 8.29. The monoisotopic (exact) mass is 753 g/mol. The lowest BCUT2D eigenvalue weighted by atomic mass is 9.82. The third kappa shape index (κ3) is 6.52. The number of hydrogen-bond donors (Lipinski definition) is 1. The maximum absolute atomic E-state index is 15.5. The maximum atomic E-state index is 15.5. The van der Waals surface area contributed by atoms with Crippen LogP contribution in [0.25, 0.3) is 17.0 Å². The Morgan fingerprint density at radius 2 is 1.81 bits per heavy atom. The molecule has 1 aromatic carbocycles. The summed E-state index contributed by atoms with van der Waals surface area (Å²) in [6.45, 7) is 14.6. The van der Waals surface area contributed by atoms with Gasteiger partial charge in [-0.25, -0.2) is 18.7 Å². The average Bonchev–Trinajstić information content (AvgIpc) is 3.58. The Morgan fingerprint density at radius 1 is 1.08 bits per heavy atom. The number of aliphatic hydroxyl groups is 1. The summed E-state index contributed by atoms with van der Waals surface area (Å²) < 4.78 is 78.2. The molecular weight excluding hydrogens is 706 g/mol. The first-order chi connectivity index (χ1) is 25.0. The number of halogens is 5. The summed E-state index contributed by atoms with van der Waals surface area (Å²) in [7, 11) is -2.19. The molecule has 53 heavy (non-hydrogen) atoms. The van der Waals surface area contributed by atoms with E-state index in [0.717, 1.165) is 19.4 Å². The molecule has 1 N–H and O–H groups in total. The molecule has 3 aliphatic heterocycles. The fourth-order valence-corrected chi connectivity index (χ4v) is 14.8. The molecule has 2 aromatic heterocycles. The van der Waals surface area contributed by atoms with Gasteiger partial charge in [-0.05, 0) is 71.8 Å². The van der Waals surface area contributed by atoms with Crippen LogP contribution in [0, 0.1) is 17.3 Å². The highest BCUT2D eigenvalue weighted by molar-refractivity contribution is 6.90. The van der Waals surface area contributed by atoms with Crippen molar-refractivity contribution in [1.82, 2.24) is 19.9 Å². The van der Waals surface area contributed by atoms with E-state index in [2.05, 4.69) is 72.9 Å². The molecule has 0 radical (unpaired) electrons. The van der Waals surface area contributed by atoms with E-state index in [9.17, 15) is 22.7 Å². The second kappa shape index (κ2) is 13.6. The van der Waals surface area contributed by atoms with E-state index in [1.807, 2.05) is 0 Å². The summed E-state index contributed by atoms with van der Waals surface area (Å²) in [5, 5.41) is 12.5. The van der Waals surface area contributed by atoms with Crippen molar-refractivity contribution >= 4 is 30.9 Å². The lowest BCUT2D eigenvalue weighted by molar-refractivity contribution is -0.159. The Kier molecular flexibility index (Phi) is 9.68. The van der Waals surface area contributed by atoms with Crippen molar-refractivity contribution in [2.75, 3.05) is 31.1 Å². The number of fused-ring (bicyclic) bond motifs is 3. The number of ether oxygens (including phenoxy) is 1. The Labute approximate surface area is 309 Å². The van der Waals surface area contributed by atoms with Crippen LogP contribution in [0.1, 0.15) is 89.6 Å². The van der Waals surface area contributed by atoms with E-state index in [1.54, 1.807) is 18.2 Å². The van der Waals surface area contributed by atoms with E-state index in [-0.39, 0.29) is 60.0 Å². The van der Waals surface area contributed by atoms with Crippen molar-refractivity contribution in [1.29, 1.82) is 0 Å². The van der Waals surface area contributed by atoms with Gasteiger partial charge in [0.2, 0.25) is 0 Å². The second-order valence-electron chi connectivity index (χ2n) is 16.4. The zero-order valence-corrected chi connectivity index (χ0v) is 32.2. The van der Waals surface area contributed by atoms with Gasteiger partial charge >= 0.3 is 12.2 Å². The largest absolute Gasteiger partial charge is 0.461 e. The zero-order valence-electron chi connectivity index (χ0n) is 31.2. The molecule has 0 amide bonds. The van der Waals surface area contributed by atoms with Crippen LogP contribution in [0.4, 0.5) is 27.8 Å². The summed E-state index contributed by atoms with van der Waals surface area (Å²) in [6.07, 6.45) is 1.15. The van der Waals surface area contributed by atoms with E-state index in [0.29, 0.717) is 40.7 Å². The summed E-state index contributed by atoms with van der Waals surface area (Å²) in [5.74, 6) is 2.82. The topological polar surface area (TPSA) is 74.6 Å². The summed E-state index contributed by atoms with van der Waals surface area (Å²) >= 11 is 0. The third-order valence-corrected chi connectivity index (χ3v) is 18.7. The molecule has 7 rings (SSSR count). The Morgan fingerprint density at radius 3 is 2.47 bits per heavy atom. The van der Waals surface area contributed by atoms with Gasteiger partial charge in [-0.2, -0.15) is 18.2 Å². The molecule has 7 nitrogen and oxygen atoms in total. The maximum Gasteiger partial charge on any atom is 0.408 e. The first-order valence-electron chi connectivity index (χ1n) is 18.8. The first kappa shape index (κ1) is 37.7. The molecule has 1 unspecified atom stereocenters. The lowest BCUT2D eigenvalue weighted by Gasteiger charge is -2.43. The van der Waals surface area contributed by atoms with Crippen LogP contribution in [0.15, 0.2) is 30.5 Å². The van der Waals surface area contributed by atoms with Crippen molar-refractivity contribution in [2.45, 2.75) is 120 Å². The van der Waals surface area contributed by atoms with Crippen molar-refractivity contribution in [3.05, 3.63) is 58.7 Å².